The summed E-state index contributed by atoms with van der Waals surface area (Å²) in [6, 6.07) is 0. The molecule has 4 nitrogen and oxygen atoms in total. The predicted molar refractivity (Wildman–Crippen MR) is 79.8 cm³/mol. The predicted octanol–water partition coefficient (Wildman–Crippen LogP) is 2.55. The van der Waals surface area contributed by atoms with Crippen LogP contribution >= 0.6 is 10.1 Å². The van der Waals surface area contributed by atoms with E-state index >= 15 is 0 Å². The van der Waals surface area contributed by atoms with Crippen molar-refractivity contribution < 1.29 is 24.9 Å². The molecule has 0 aromatic rings. The monoisotopic (exact) mass is 354 g/mol. The summed E-state index contributed by atoms with van der Waals surface area (Å²) in [7, 11) is 6.23. The number of β-amino-alcohol motifs (C(OH)–C–C–N with tert-alkyl or cyclic N) is 1. The minimum absolute atomic E-state index is 0.0327. The van der Waals surface area contributed by atoms with E-state index in [1.165, 1.54) is 12.8 Å². The fourth-order valence-electron chi connectivity index (χ4n) is 1.71. The molecule has 0 aromatic heterocycles. The Labute approximate surface area is 136 Å². The van der Waals surface area contributed by atoms with E-state index < -0.39 is 0 Å². The number of aliphatic hydroxyl groups excluding tert-OH is 1. The van der Waals surface area contributed by atoms with Gasteiger partial charge in [-0.15, -0.1) is 0 Å². The van der Waals surface area contributed by atoms with Gasteiger partial charge in [0, 0.05) is 39.2 Å². The summed E-state index contributed by atoms with van der Waals surface area (Å²) >= 11 is 3.66. The fourth-order valence-corrected chi connectivity index (χ4v) is 1.71. The van der Waals surface area contributed by atoms with Crippen molar-refractivity contribution in [3.63, 3.8) is 0 Å². The van der Waals surface area contributed by atoms with Gasteiger partial charge in [0.25, 0.3) is 0 Å². The molecule has 1 atom stereocenters. The zero-order valence-corrected chi connectivity index (χ0v) is 14.6. The van der Waals surface area contributed by atoms with Gasteiger partial charge in [-0.25, -0.2) is 0 Å². The van der Waals surface area contributed by atoms with Crippen LogP contribution in [0.25, 0.3) is 0 Å². The van der Waals surface area contributed by atoms with Crippen molar-refractivity contribution in [3.8, 4) is 0 Å². The molecule has 20 heavy (non-hydrogen) atoms. The molecule has 0 aliphatic carbocycles. The van der Waals surface area contributed by atoms with Gasteiger partial charge < -0.3 is 19.6 Å². The molecule has 2 heterocycles. The van der Waals surface area contributed by atoms with E-state index in [-0.39, 0.29) is 11.5 Å². The second kappa shape index (κ2) is 10.7. The first-order valence-electron chi connectivity index (χ1n) is 6.89. The second-order valence-corrected chi connectivity index (χ2v) is 6.17. The van der Waals surface area contributed by atoms with Crippen LogP contribution < -0.4 is 0 Å². The zero-order chi connectivity index (χ0) is 15.6. The Morgan fingerprint density at radius 3 is 2.10 bits per heavy atom. The number of ether oxygens (including phenoxy) is 1. The molecule has 0 radical (unpaired) electrons. The molecule has 0 bridgehead atoms. The van der Waals surface area contributed by atoms with Gasteiger partial charge in [0.2, 0.25) is 0 Å². The molecule has 0 saturated carbocycles. The third-order valence-corrected chi connectivity index (χ3v) is 3.17. The normalized spacial score (nSPS) is 19.2. The zero-order valence-electron chi connectivity index (χ0n) is 12.9. The molecule has 1 N–H and O–H groups in total. The van der Waals surface area contributed by atoms with Crippen LogP contribution in [0, 0.1) is 5.41 Å². The van der Waals surface area contributed by atoms with Gasteiger partial charge in [-0.05, 0) is 18.3 Å². The minimum atomic E-state index is -0.274. The molecule has 2 aliphatic rings. The van der Waals surface area contributed by atoms with E-state index in [0.717, 1.165) is 19.9 Å². The van der Waals surface area contributed by atoms with Crippen LogP contribution in [-0.4, -0.2) is 54.5 Å². The van der Waals surface area contributed by atoms with Gasteiger partial charge in [0.15, 0.2) is 0 Å². The molecule has 2 rings (SSSR count). The third-order valence-electron chi connectivity index (χ3n) is 3.17. The van der Waals surface area contributed by atoms with Gasteiger partial charge >= 0.3 is 25.2 Å². The summed E-state index contributed by atoms with van der Waals surface area (Å²) in [5.41, 5.74) is -0.0327. The van der Waals surface area contributed by atoms with Crippen LogP contribution in [0.1, 0.15) is 33.6 Å². The molecule has 124 valence electrons. The molecule has 2 aliphatic heterocycles. The molecule has 1 fully saturated rings. The fraction of sp³-hybridized carbons (Fsp3) is 0.857. The quantitative estimate of drug-likeness (QED) is 0.773. The van der Waals surface area contributed by atoms with Crippen LogP contribution in [0.5, 0.6) is 0 Å². The average molecular weight is 355 g/mol. The van der Waals surface area contributed by atoms with E-state index in [1.54, 1.807) is 0 Å². The number of halogens is 1. The van der Waals surface area contributed by atoms with E-state index in [4.69, 9.17) is 4.74 Å². The maximum absolute atomic E-state index is 9.84. The summed E-state index contributed by atoms with van der Waals surface area (Å²) in [4.78, 5) is 4.21. The first-order chi connectivity index (χ1) is 9.39. The van der Waals surface area contributed by atoms with Gasteiger partial charge in [-0.3, -0.25) is 0 Å². The molecule has 1 saturated heterocycles. The molecule has 0 spiro atoms. The first kappa shape index (κ1) is 20.1. The number of rotatable bonds is 2. The van der Waals surface area contributed by atoms with Crippen LogP contribution in [0.3, 0.4) is 0 Å². The Bertz CT molecular complexity index is 261. The Hall–Kier alpha value is 0.0695. The van der Waals surface area contributed by atoms with Gasteiger partial charge in [0.1, 0.15) is 0 Å². The van der Waals surface area contributed by atoms with Crippen LogP contribution in [0.2, 0.25) is 0 Å². The van der Waals surface area contributed by atoms with Crippen molar-refractivity contribution in [2.24, 2.45) is 5.41 Å². The first-order valence-corrected chi connectivity index (χ1v) is 8.19. The molecular formula is C14H28ClCuN2O2. The van der Waals surface area contributed by atoms with Crippen molar-refractivity contribution >= 4 is 10.1 Å². The second-order valence-electron chi connectivity index (χ2n) is 6.17. The van der Waals surface area contributed by atoms with E-state index in [9.17, 15) is 5.11 Å². The SMILES string of the molecule is C1CCOC1.CN1C=CN(C[C@H](O)C(C)(C)C)C1.[Cl][Cu]. The Morgan fingerprint density at radius 2 is 1.80 bits per heavy atom. The Kier molecular flexibility index (Phi) is 10.8. The number of aliphatic hydroxyl groups is 1. The van der Waals surface area contributed by atoms with Crippen molar-refractivity contribution in [2.45, 2.75) is 39.7 Å². The third kappa shape index (κ3) is 9.09. The summed E-state index contributed by atoms with van der Waals surface area (Å²) in [6.45, 7) is 9.76. The number of nitrogens with zero attached hydrogens (tertiary/aromatic N) is 2. The molecule has 0 aromatic carbocycles. The molecule has 0 unspecified atom stereocenters. The maximum atomic E-state index is 9.84. The average Bonchev–Trinajstić information content (AvgIpc) is 3.05. The number of hydrogen-bond acceptors (Lipinski definition) is 4. The Morgan fingerprint density at radius 1 is 1.25 bits per heavy atom. The number of hydrogen-bond donors (Lipinski definition) is 1. The van der Waals surface area contributed by atoms with E-state index in [1.807, 2.05) is 19.4 Å². The van der Waals surface area contributed by atoms with Crippen LogP contribution in [0.4, 0.5) is 0 Å². The topological polar surface area (TPSA) is 35.9 Å². The van der Waals surface area contributed by atoms with E-state index in [0.29, 0.717) is 6.54 Å². The molecular weight excluding hydrogens is 327 g/mol. The van der Waals surface area contributed by atoms with Crippen LogP contribution in [-0.2, 0) is 19.8 Å². The van der Waals surface area contributed by atoms with Crippen molar-refractivity contribution in [2.75, 3.05) is 33.5 Å². The molecule has 0 amide bonds. The standard InChI is InChI=1S/C10H20N2O.C4H8O.ClH.Cu/c1-10(2,3)9(13)7-12-6-5-11(4)8-12;1-2-4-5-3-1;;/h5-6,9,13H,7-8H2,1-4H3;1-4H2;1H;/q;;;+1/p-1/t9-;;;/m0.../s1. The van der Waals surface area contributed by atoms with Gasteiger partial charge in [-0.1, -0.05) is 20.8 Å². The summed E-state index contributed by atoms with van der Waals surface area (Å²) in [5, 5.41) is 9.84. The Balaban J connectivity index is 0.000000427. The van der Waals surface area contributed by atoms with Crippen LogP contribution in [0.15, 0.2) is 12.4 Å². The summed E-state index contributed by atoms with van der Waals surface area (Å²) in [5.74, 6) is 0. The summed E-state index contributed by atoms with van der Waals surface area (Å²) < 4.78 is 4.94. The van der Waals surface area contributed by atoms with Crippen molar-refractivity contribution in [1.29, 1.82) is 0 Å². The molecule has 6 heteroatoms. The van der Waals surface area contributed by atoms with Gasteiger partial charge in [-0.2, -0.15) is 0 Å². The van der Waals surface area contributed by atoms with Gasteiger partial charge in [0.05, 0.1) is 12.8 Å². The van der Waals surface area contributed by atoms with E-state index in [2.05, 4.69) is 55.8 Å². The summed E-state index contributed by atoms with van der Waals surface area (Å²) in [6.07, 6.45) is 6.33. The van der Waals surface area contributed by atoms with Crippen molar-refractivity contribution in [1.82, 2.24) is 9.80 Å². The van der Waals surface area contributed by atoms with Crippen molar-refractivity contribution in [3.05, 3.63) is 12.4 Å².